The van der Waals surface area contributed by atoms with Crippen LogP contribution < -0.4 is 5.32 Å². The van der Waals surface area contributed by atoms with Gasteiger partial charge in [-0.1, -0.05) is 33.8 Å². The minimum Gasteiger partial charge on any atom is -0.325 e. The number of nitrogens with one attached hydrogen (secondary N) is 1. The molecule has 192 valence electrons. The Morgan fingerprint density at radius 1 is 1.15 bits per heavy atom. The topological polar surface area (TPSA) is 69.7 Å². The summed E-state index contributed by atoms with van der Waals surface area (Å²) in [6.45, 7) is 10.4. The first-order chi connectivity index (χ1) is 15.6. The molecule has 1 aromatic rings. The highest BCUT2D eigenvalue weighted by atomic mass is 32.2. The van der Waals surface area contributed by atoms with Gasteiger partial charge in [0.1, 0.15) is 0 Å². The molecule has 2 saturated heterocycles. The fourth-order valence-corrected chi connectivity index (χ4v) is 7.53. The lowest BCUT2D eigenvalue weighted by atomic mass is 9.65. The first-order valence-electron chi connectivity index (χ1n) is 11.8. The first kappa shape index (κ1) is 26.9. The highest BCUT2D eigenvalue weighted by Gasteiger charge is 2.47. The predicted molar refractivity (Wildman–Crippen MR) is 127 cm³/mol. The van der Waals surface area contributed by atoms with Gasteiger partial charge in [-0.3, -0.25) is 9.69 Å². The van der Waals surface area contributed by atoms with E-state index >= 15 is 0 Å². The van der Waals surface area contributed by atoms with E-state index in [0.29, 0.717) is 26.2 Å². The minimum absolute atomic E-state index is 0.0585. The largest absolute Gasteiger partial charge is 0.416 e. The van der Waals surface area contributed by atoms with Crippen molar-refractivity contribution in [3.05, 3.63) is 29.8 Å². The number of anilines is 1. The van der Waals surface area contributed by atoms with Crippen molar-refractivity contribution in [3.8, 4) is 0 Å². The molecule has 0 aromatic heterocycles. The van der Waals surface area contributed by atoms with Crippen molar-refractivity contribution in [1.29, 1.82) is 0 Å². The zero-order chi connectivity index (χ0) is 25.4. The van der Waals surface area contributed by atoms with Crippen molar-refractivity contribution in [1.82, 2.24) is 9.21 Å². The Labute approximate surface area is 200 Å². The zero-order valence-electron chi connectivity index (χ0n) is 20.4. The molecule has 0 radical (unpaired) electrons. The van der Waals surface area contributed by atoms with Crippen LogP contribution in [0, 0.1) is 16.7 Å². The minimum atomic E-state index is -4.47. The van der Waals surface area contributed by atoms with Crippen LogP contribution in [-0.2, 0) is 21.0 Å². The summed E-state index contributed by atoms with van der Waals surface area (Å²) in [7, 11) is -3.33. The second-order valence-corrected chi connectivity index (χ2v) is 13.2. The first-order valence-corrected chi connectivity index (χ1v) is 13.4. The van der Waals surface area contributed by atoms with Crippen LogP contribution in [-0.4, -0.2) is 62.0 Å². The van der Waals surface area contributed by atoms with E-state index in [4.69, 9.17) is 0 Å². The molecule has 10 heteroatoms. The van der Waals surface area contributed by atoms with Crippen molar-refractivity contribution in [2.75, 3.05) is 43.8 Å². The zero-order valence-corrected chi connectivity index (χ0v) is 21.2. The van der Waals surface area contributed by atoms with Crippen LogP contribution in [0.5, 0.6) is 0 Å². The molecule has 2 aliphatic heterocycles. The van der Waals surface area contributed by atoms with Crippen LogP contribution >= 0.6 is 0 Å². The number of piperidine rings is 2. The van der Waals surface area contributed by atoms with Crippen LogP contribution in [0.1, 0.15) is 52.5 Å². The third kappa shape index (κ3) is 6.95. The lowest BCUT2D eigenvalue weighted by Crippen LogP contribution is -2.56. The summed E-state index contributed by atoms with van der Waals surface area (Å²) >= 11 is 0. The van der Waals surface area contributed by atoms with E-state index in [1.807, 2.05) is 18.7 Å². The summed E-state index contributed by atoms with van der Waals surface area (Å²) in [6, 6.07) is 4.61. The Bertz CT molecular complexity index is 985. The van der Waals surface area contributed by atoms with Gasteiger partial charge in [-0.2, -0.15) is 13.2 Å². The molecule has 0 unspecified atom stereocenters. The summed E-state index contributed by atoms with van der Waals surface area (Å²) in [5.41, 5.74) is -0.944. The highest BCUT2D eigenvalue weighted by molar-refractivity contribution is 7.89. The van der Waals surface area contributed by atoms with E-state index < -0.39 is 21.8 Å². The van der Waals surface area contributed by atoms with Crippen LogP contribution in [0.2, 0.25) is 0 Å². The Hall–Kier alpha value is -1.65. The Morgan fingerprint density at radius 3 is 2.38 bits per heavy atom. The van der Waals surface area contributed by atoms with Crippen LogP contribution in [0.4, 0.5) is 18.9 Å². The SMILES string of the molecule is CC(C)CS(=O)(=O)N1CC(C)(C)CC2(CCN(CC(=O)Nc3cccc(C(F)(F)F)c3)CC2)C1. The van der Waals surface area contributed by atoms with E-state index in [-0.39, 0.29) is 40.6 Å². The summed E-state index contributed by atoms with van der Waals surface area (Å²) in [5.74, 6) is -0.162. The molecular formula is C24H36F3N3O3S. The molecule has 1 N–H and O–H groups in total. The number of hydrogen-bond donors (Lipinski definition) is 1. The Kier molecular flexibility index (Phi) is 7.75. The quantitative estimate of drug-likeness (QED) is 0.623. The lowest BCUT2D eigenvalue weighted by Gasteiger charge is -2.52. The van der Waals surface area contributed by atoms with Crippen LogP contribution in [0.3, 0.4) is 0 Å². The normalized spacial score (nSPS) is 21.6. The second kappa shape index (κ2) is 9.78. The van der Waals surface area contributed by atoms with Crippen molar-refractivity contribution in [3.63, 3.8) is 0 Å². The van der Waals surface area contributed by atoms with Gasteiger partial charge < -0.3 is 5.32 Å². The molecule has 6 nitrogen and oxygen atoms in total. The number of benzene rings is 1. The van der Waals surface area contributed by atoms with Gasteiger partial charge in [0.25, 0.3) is 0 Å². The molecule has 0 aliphatic carbocycles. The third-order valence-electron chi connectivity index (χ3n) is 6.66. The fourth-order valence-electron chi connectivity index (χ4n) is 5.45. The second-order valence-electron chi connectivity index (χ2n) is 11.2. The van der Waals surface area contributed by atoms with Gasteiger partial charge >= 0.3 is 6.18 Å². The average Bonchev–Trinajstić information content (AvgIpc) is 2.67. The van der Waals surface area contributed by atoms with Gasteiger partial charge in [0.05, 0.1) is 17.9 Å². The van der Waals surface area contributed by atoms with Gasteiger partial charge in [-0.05, 0) is 67.3 Å². The maximum Gasteiger partial charge on any atom is 0.416 e. The fraction of sp³-hybridized carbons (Fsp3) is 0.708. The lowest BCUT2D eigenvalue weighted by molar-refractivity contribution is -0.137. The van der Waals surface area contributed by atoms with E-state index in [2.05, 4.69) is 19.2 Å². The number of nitrogens with zero attached hydrogens (tertiary/aromatic N) is 2. The van der Waals surface area contributed by atoms with Gasteiger partial charge in [-0.25, -0.2) is 12.7 Å². The van der Waals surface area contributed by atoms with Crippen LogP contribution in [0.15, 0.2) is 24.3 Å². The van der Waals surface area contributed by atoms with Crippen molar-refractivity contribution in [2.45, 2.75) is 53.1 Å². The molecular weight excluding hydrogens is 467 g/mol. The Balaban J connectivity index is 1.60. The number of likely N-dealkylation sites (tertiary alicyclic amines) is 1. The number of halogens is 3. The number of carbonyl (C=O) groups is 1. The van der Waals surface area contributed by atoms with E-state index in [9.17, 15) is 26.4 Å². The number of rotatable bonds is 6. The number of alkyl halides is 3. The average molecular weight is 504 g/mol. The maximum atomic E-state index is 13.0. The summed E-state index contributed by atoms with van der Waals surface area (Å²) < 4.78 is 66.3. The maximum absolute atomic E-state index is 13.0. The molecule has 0 bridgehead atoms. The molecule has 2 heterocycles. The highest BCUT2D eigenvalue weighted by Crippen LogP contribution is 2.47. The molecule has 0 saturated carbocycles. The predicted octanol–water partition coefficient (Wildman–Crippen LogP) is 4.44. The number of hydrogen-bond acceptors (Lipinski definition) is 4. The monoisotopic (exact) mass is 503 g/mol. The van der Waals surface area contributed by atoms with E-state index in [1.54, 1.807) is 4.31 Å². The number of carbonyl (C=O) groups excluding carboxylic acids is 1. The molecule has 0 atom stereocenters. The summed E-state index contributed by atoms with van der Waals surface area (Å²) in [4.78, 5) is 14.5. The number of sulfonamides is 1. The summed E-state index contributed by atoms with van der Waals surface area (Å²) in [5, 5.41) is 2.56. The molecule has 2 fully saturated rings. The molecule has 2 aliphatic rings. The van der Waals surface area contributed by atoms with Crippen molar-refractivity contribution >= 4 is 21.6 Å². The molecule has 34 heavy (non-hydrogen) atoms. The van der Waals surface area contributed by atoms with Gasteiger partial charge in [0.15, 0.2) is 0 Å². The van der Waals surface area contributed by atoms with Gasteiger partial charge in [0.2, 0.25) is 15.9 Å². The van der Waals surface area contributed by atoms with Crippen LogP contribution in [0.25, 0.3) is 0 Å². The van der Waals surface area contributed by atoms with Crippen molar-refractivity contribution < 1.29 is 26.4 Å². The smallest absolute Gasteiger partial charge is 0.325 e. The van der Waals surface area contributed by atoms with E-state index in [0.717, 1.165) is 31.4 Å². The standard InChI is InChI=1S/C24H36F3N3O3S/c1-18(2)14-34(32,33)30-16-22(3,4)15-23(17-30)8-10-29(11-9-23)13-21(31)28-20-7-5-6-19(12-20)24(25,26)27/h5-7,12,18H,8-11,13-17H2,1-4H3,(H,28,31). The molecule has 1 amide bonds. The molecule has 1 aromatic carbocycles. The molecule has 3 rings (SSSR count). The van der Waals surface area contributed by atoms with Gasteiger partial charge in [-0.15, -0.1) is 0 Å². The van der Waals surface area contributed by atoms with E-state index in [1.165, 1.54) is 12.1 Å². The Morgan fingerprint density at radius 2 is 1.79 bits per heavy atom. The third-order valence-corrected chi connectivity index (χ3v) is 8.80. The number of amides is 1. The van der Waals surface area contributed by atoms with Crippen molar-refractivity contribution in [2.24, 2.45) is 16.7 Å². The van der Waals surface area contributed by atoms with Gasteiger partial charge in [0, 0.05) is 18.8 Å². The summed E-state index contributed by atoms with van der Waals surface area (Å²) in [6.07, 6.45) is -1.98. The molecule has 1 spiro atoms.